The number of anilines is 1. The van der Waals surface area contributed by atoms with Crippen LogP contribution in [0.4, 0.5) is 5.69 Å². The molecule has 0 saturated carbocycles. The molecular weight excluding hydrogens is 252 g/mol. The van der Waals surface area contributed by atoms with Crippen molar-refractivity contribution in [3.05, 3.63) is 33.7 Å². The number of hydrogen-bond donors (Lipinski definition) is 0. The van der Waals surface area contributed by atoms with Gasteiger partial charge in [0.15, 0.2) is 0 Å². The first-order chi connectivity index (χ1) is 8.54. The highest BCUT2D eigenvalue weighted by molar-refractivity contribution is 6.30. The van der Waals surface area contributed by atoms with Crippen LogP contribution in [0.3, 0.4) is 0 Å². The zero-order valence-corrected chi connectivity index (χ0v) is 11.1. The van der Waals surface area contributed by atoms with Crippen molar-refractivity contribution in [3.63, 3.8) is 0 Å². The van der Waals surface area contributed by atoms with Gasteiger partial charge in [0.05, 0.1) is 0 Å². The van der Waals surface area contributed by atoms with Gasteiger partial charge in [-0.05, 0) is 24.6 Å². The molecule has 1 aliphatic heterocycles. The van der Waals surface area contributed by atoms with E-state index in [9.17, 15) is 9.70 Å². The number of nitrogens with zero attached hydrogens (tertiary/aromatic N) is 2. The Morgan fingerprint density at radius 2 is 2.22 bits per heavy atom. The average molecular weight is 267 g/mol. The van der Waals surface area contributed by atoms with Crippen LogP contribution < -0.4 is 4.90 Å². The molecule has 18 heavy (non-hydrogen) atoms. The van der Waals surface area contributed by atoms with Gasteiger partial charge >= 0.3 is 0 Å². The van der Waals surface area contributed by atoms with E-state index >= 15 is 0 Å². The summed E-state index contributed by atoms with van der Waals surface area (Å²) in [4.78, 5) is 24.7. The number of rotatable bonds is 2. The quantitative estimate of drug-likeness (QED) is 0.769. The fraction of sp³-hybridized carbons (Fsp3) is 0.462. The molecule has 0 fully saturated rings. The van der Waals surface area contributed by atoms with Crippen molar-refractivity contribution in [2.24, 2.45) is 11.1 Å². The average Bonchev–Trinajstić information content (AvgIpc) is 2.36. The van der Waals surface area contributed by atoms with Crippen molar-refractivity contribution in [2.75, 3.05) is 11.4 Å². The number of benzene rings is 1. The maximum atomic E-state index is 12.1. The lowest BCUT2D eigenvalue weighted by molar-refractivity contribution is -0.121. The molecule has 1 heterocycles. The predicted molar refractivity (Wildman–Crippen MR) is 71.8 cm³/mol. The number of amides is 1. The van der Waals surface area contributed by atoms with Crippen LogP contribution >= 0.6 is 11.6 Å². The molecule has 96 valence electrons. The molecule has 1 aromatic carbocycles. The largest absolute Gasteiger partial charge is 0.312 e. The summed E-state index contributed by atoms with van der Waals surface area (Å²) in [6.07, 6.45) is 0.551. The molecule has 1 atom stereocenters. The molecule has 4 nitrogen and oxygen atoms in total. The van der Waals surface area contributed by atoms with Crippen molar-refractivity contribution < 1.29 is 4.79 Å². The summed E-state index contributed by atoms with van der Waals surface area (Å²) < 4.78 is 0. The van der Waals surface area contributed by atoms with Gasteiger partial charge in [-0.1, -0.05) is 30.6 Å². The standard InChI is InChI=1S/C13H15ClN2O2/c1-8(2)13(17)16-6-5-11(15-18)10-7-9(14)3-4-12(10)16/h3-4,7-8,11H,5-6H2,1-2H3. The normalized spacial score (nSPS) is 18.7. The molecule has 5 heteroatoms. The molecule has 0 radical (unpaired) electrons. The third-order valence-electron chi connectivity index (χ3n) is 3.15. The van der Waals surface area contributed by atoms with Crippen molar-refractivity contribution in [1.82, 2.24) is 0 Å². The lowest BCUT2D eigenvalue weighted by Gasteiger charge is -2.32. The topological polar surface area (TPSA) is 49.7 Å². The van der Waals surface area contributed by atoms with Crippen molar-refractivity contribution in [1.29, 1.82) is 0 Å². The van der Waals surface area contributed by atoms with Crippen LogP contribution in [0.15, 0.2) is 23.4 Å². The summed E-state index contributed by atoms with van der Waals surface area (Å²) in [6.45, 7) is 4.26. The molecule has 0 spiro atoms. The Labute approximate surface area is 111 Å². The Balaban J connectivity index is 2.46. The van der Waals surface area contributed by atoms with Crippen LogP contribution in [0.1, 0.15) is 31.9 Å². The van der Waals surface area contributed by atoms with Gasteiger partial charge in [-0.3, -0.25) is 4.79 Å². The third kappa shape index (κ3) is 2.25. The molecule has 1 amide bonds. The molecule has 0 N–H and O–H groups in total. The highest BCUT2D eigenvalue weighted by Crippen LogP contribution is 2.38. The second-order valence-corrected chi connectivity index (χ2v) is 5.19. The van der Waals surface area contributed by atoms with Crippen molar-refractivity contribution in [2.45, 2.75) is 26.3 Å². The Morgan fingerprint density at radius 3 is 2.83 bits per heavy atom. The summed E-state index contributed by atoms with van der Waals surface area (Å²) in [5, 5.41) is 3.68. The fourth-order valence-electron chi connectivity index (χ4n) is 2.22. The smallest absolute Gasteiger partial charge is 0.229 e. The van der Waals surface area contributed by atoms with Gasteiger partial charge in [-0.25, -0.2) is 0 Å². The number of carbonyl (C=O) groups excluding carboxylic acids is 1. The fourth-order valence-corrected chi connectivity index (χ4v) is 2.40. The lowest BCUT2D eigenvalue weighted by atomic mass is 9.96. The van der Waals surface area contributed by atoms with Gasteiger partial charge in [0.1, 0.15) is 6.04 Å². The predicted octanol–water partition coefficient (Wildman–Crippen LogP) is 3.54. The van der Waals surface area contributed by atoms with Crippen molar-refractivity contribution in [3.8, 4) is 0 Å². The van der Waals surface area contributed by atoms with Crippen LogP contribution in [-0.2, 0) is 4.79 Å². The molecule has 1 aliphatic rings. The van der Waals surface area contributed by atoms with E-state index < -0.39 is 6.04 Å². The summed E-state index contributed by atoms with van der Waals surface area (Å²) in [5.74, 6) is -0.0165. The molecule has 0 aliphatic carbocycles. The number of hydrogen-bond acceptors (Lipinski definition) is 3. The van der Waals surface area contributed by atoms with Gasteiger partial charge in [-0.2, -0.15) is 4.91 Å². The molecular formula is C13H15ClN2O2. The van der Waals surface area contributed by atoms with E-state index in [-0.39, 0.29) is 11.8 Å². The number of fused-ring (bicyclic) bond motifs is 1. The number of carbonyl (C=O) groups is 1. The first-order valence-corrected chi connectivity index (χ1v) is 6.35. The third-order valence-corrected chi connectivity index (χ3v) is 3.39. The number of halogens is 1. The van der Waals surface area contributed by atoms with Gasteiger partial charge in [0.25, 0.3) is 0 Å². The minimum Gasteiger partial charge on any atom is -0.312 e. The zero-order chi connectivity index (χ0) is 13.3. The van der Waals surface area contributed by atoms with E-state index in [1.54, 1.807) is 23.1 Å². The van der Waals surface area contributed by atoms with E-state index in [0.717, 1.165) is 11.3 Å². The van der Waals surface area contributed by atoms with Gasteiger partial charge in [0, 0.05) is 28.7 Å². The van der Waals surface area contributed by atoms with Crippen molar-refractivity contribution >= 4 is 23.2 Å². The monoisotopic (exact) mass is 266 g/mol. The van der Waals surface area contributed by atoms with Crippen LogP contribution in [0.5, 0.6) is 0 Å². The second-order valence-electron chi connectivity index (χ2n) is 4.76. The molecule has 1 aromatic rings. The highest BCUT2D eigenvalue weighted by Gasteiger charge is 2.30. The zero-order valence-electron chi connectivity index (χ0n) is 10.4. The van der Waals surface area contributed by atoms with Gasteiger partial charge in [-0.15, -0.1) is 0 Å². The summed E-state index contributed by atoms with van der Waals surface area (Å²) >= 11 is 5.94. The first-order valence-electron chi connectivity index (χ1n) is 5.98. The molecule has 2 rings (SSSR count). The molecule has 0 saturated heterocycles. The van der Waals surface area contributed by atoms with Crippen LogP contribution in [0.25, 0.3) is 0 Å². The molecule has 0 aromatic heterocycles. The summed E-state index contributed by atoms with van der Waals surface area (Å²) in [6, 6.07) is 4.83. The SMILES string of the molecule is CC(C)C(=O)N1CCC(N=O)c2cc(Cl)ccc21. The highest BCUT2D eigenvalue weighted by atomic mass is 35.5. The van der Waals surface area contributed by atoms with E-state index in [1.807, 2.05) is 13.8 Å². The number of nitroso groups, excluding NO2 is 1. The molecule has 1 unspecified atom stereocenters. The van der Waals surface area contributed by atoms with Gasteiger partial charge < -0.3 is 4.90 Å². The van der Waals surface area contributed by atoms with E-state index in [4.69, 9.17) is 11.6 Å². The van der Waals surface area contributed by atoms with Crippen LogP contribution in [-0.4, -0.2) is 12.5 Å². The van der Waals surface area contributed by atoms with E-state index in [1.165, 1.54) is 0 Å². The van der Waals surface area contributed by atoms with E-state index in [0.29, 0.717) is 18.0 Å². The van der Waals surface area contributed by atoms with E-state index in [2.05, 4.69) is 5.18 Å². The maximum Gasteiger partial charge on any atom is 0.229 e. The minimum absolute atomic E-state index is 0.0583. The molecule has 0 bridgehead atoms. The lowest BCUT2D eigenvalue weighted by Crippen LogP contribution is -2.38. The first kappa shape index (κ1) is 13.0. The van der Waals surface area contributed by atoms with Crippen LogP contribution in [0.2, 0.25) is 5.02 Å². The minimum atomic E-state index is -0.407. The summed E-state index contributed by atoms with van der Waals surface area (Å²) in [5.41, 5.74) is 1.51. The second kappa shape index (κ2) is 5.06. The Morgan fingerprint density at radius 1 is 1.50 bits per heavy atom. The van der Waals surface area contributed by atoms with Gasteiger partial charge in [0.2, 0.25) is 5.91 Å². The Hall–Kier alpha value is -1.42. The maximum absolute atomic E-state index is 12.1. The summed E-state index contributed by atoms with van der Waals surface area (Å²) in [7, 11) is 0. The van der Waals surface area contributed by atoms with Crippen LogP contribution in [0, 0.1) is 10.8 Å². The Bertz CT molecular complexity index is 488. The Kier molecular flexibility index (Phi) is 3.66.